The zero-order chi connectivity index (χ0) is 16.9. The van der Waals surface area contributed by atoms with Crippen LogP contribution < -0.4 is 10.6 Å². The Morgan fingerprint density at radius 2 is 2.25 bits per heavy atom. The van der Waals surface area contributed by atoms with E-state index in [1.165, 1.54) is 18.5 Å². The van der Waals surface area contributed by atoms with Crippen LogP contribution in [0.1, 0.15) is 29.0 Å². The summed E-state index contributed by atoms with van der Waals surface area (Å²) in [6.45, 7) is 3.12. The zero-order valence-corrected chi connectivity index (χ0v) is 13.4. The van der Waals surface area contributed by atoms with Crippen molar-refractivity contribution in [2.45, 2.75) is 25.9 Å². The maximum atomic E-state index is 14.1. The van der Waals surface area contributed by atoms with Crippen molar-refractivity contribution < 1.29 is 13.9 Å². The normalized spacial score (nSPS) is 16.8. The lowest BCUT2D eigenvalue weighted by molar-refractivity contribution is 0.102. The first-order chi connectivity index (χ1) is 11.6. The summed E-state index contributed by atoms with van der Waals surface area (Å²) in [4.78, 5) is 20.1. The molecule has 1 amide bonds. The maximum Gasteiger partial charge on any atom is 0.275 e. The van der Waals surface area contributed by atoms with Gasteiger partial charge in [-0.2, -0.15) is 0 Å². The van der Waals surface area contributed by atoms with E-state index >= 15 is 0 Å². The average Bonchev–Trinajstić information content (AvgIpc) is 3.08. The molecule has 1 aliphatic rings. The number of rotatable bonds is 5. The van der Waals surface area contributed by atoms with Gasteiger partial charge in [-0.1, -0.05) is 0 Å². The molecule has 24 heavy (non-hydrogen) atoms. The summed E-state index contributed by atoms with van der Waals surface area (Å²) >= 11 is 0. The standard InChI is InChI=1S/C17H19FN4O2/c1-11-8-20-16(10-19-11)17(23)22-12-4-5-15(14(18)7-12)21-9-13-3-2-6-24-13/h4-5,7-8,10,13,21H,2-3,6,9H2,1H3,(H,22,23). The molecule has 1 aromatic carbocycles. The number of hydrogen-bond acceptors (Lipinski definition) is 5. The van der Waals surface area contributed by atoms with Crippen LogP contribution in [0.2, 0.25) is 0 Å². The van der Waals surface area contributed by atoms with E-state index in [-0.39, 0.29) is 11.8 Å². The third kappa shape index (κ3) is 4.05. The number of halogens is 1. The summed E-state index contributed by atoms with van der Waals surface area (Å²) in [7, 11) is 0. The Hall–Kier alpha value is -2.54. The molecule has 0 saturated carbocycles. The Bertz CT molecular complexity index is 715. The lowest BCUT2D eigenvalue weighted by Gasteiger charge is -2.13. The molecule has 1 saturated heterocycles. The van der Waals surface area contributed by atoms with Gasteiger partial charge in [0.05, 0.1) is 23.7 Å². The minimum atomic E-state index is -0.430. The molecule has 7 heteroatoms. The molecule has 1 unspecified atom stereocenters. The fraction of sp³-hybridized carbons (Fsp3) is 0.353. The van der Waals surface area contributed by atoms with Crippen LogP contribution in [0.25, 0.3) is 0 Å². The van der Waals surface area contributed by atoms with Crippen molar-refractivity contribution in [2.24, 2.45) is 0 Å². The van der Waals surface area contributed by atoms with E-state index in [0.29, 0.717) is 17.9 Å². The number of benzene rings is 1. The second-order valence-electron chi connectivity index (χ2n) is 5.71. The van der Waals surface area contributed by atoms with Crippen LogP contribution in [0.15, 0.2) is 30.6 Å². The molecule has 1 aliphatic heterocycles. The van der Waals surface area contributed by atoms with Crippen molar-refractivity contribution in [3.63, 3.8) is 0 Å². The van der Waals surface area contributed by atoms with Gasteiger partial charge in [0, 0.05) is 25.0 Å². The van der Waals surface area contributed by atoms with Crippen LogP contribution >= 0.6 is 0 Å². The van der Waals surface area contributed by atoms with Crippen molar-refractivity contribution in [2.75, 3.05) is 23.8 Å². The van der Waals surface area contributed by atoms with Gasteiger partial charge in [-0.15, -0.1) is 0 Å². The lowest BCUT2D eigenvalue weighted by atomic mass is 10.2. The third-order valence-electron chi connectivity index (χ3n) is 3.78. The van der Waals surface area contributed by atoms with Crippen LogP contribution in [0.3, 0.4) is 0 Å². The fourth-order valence-corrected chi connectivity index (χ4v) is 2.47. The molecule has 126 valence electrons. The van der Waals surface area contributed by atoms with E-state index in [1.807, 2.05) is 0 Å². The third-order valence-corrected chi connectivity index (χ3v) is 3.78. The van der Waals surface area contributed by atoms with Gasteiger partial charge in [0.25, 0.3) is 5.91 Å². The average molecular weight is 330 g/mol. The van der Waals surface area contributed by atoms with Crippen molar-refractivity contribution >= 4 is 17.3 Å². The number of carbonyl (C=O) groups is 1. The monoisotopic (exact) mass is 330 g/mol. The minimum absolute atomic E-state index is 0.129. The Labute approximate surface area is 139 Å². The van der Waals surface area contributed by atoms with Gasteiger partial charge in [0.15, 0.2) is 0 Å². The molecule has 0 spiro atoms. The van der Waals surface area contributed by atoms with E-state index in [2.05, 4.69) is 20.6 Å². The molecule has 3 rings (SSSR count). The molecular weight excluding hydrogens is 311 g/mol. The summed E-state index contributed by atoms with van der Waals surface area (Å²) < 4.78 is 19.6. The summed E-state index contributed by atoms with van der Waals surface area (Å²) in [6, 6.07) is 4.51. The van der Waals surface area contributed by atoms with Gasteiger partial charge in [0.1, 0.15) is 11.5 Å². The van der Waals surface area contributed by atoms with Gasteiger partial charge in [0.2, 0.25) is 0 Å². The number of ether oxygens (including phenoxy) is 1. The molecule has 0 bridgehead atoms. The number of nitrogens with zero attached hydrogens (tertiary/aromatic N) is 2. The maximum absolute atomic E-state index is 14.1. The van der Waals surface area contributed by atoms with Crippen molar-refractivity contribution in [1.29, 1.82) is 0 Å². The first-order valence-corrected chi connectivity index (χ1v) is 7.87. The fourth-order valence-electron chi connectivity index (χ4n) is 2.47. The Kier molecular flexibility index (Phi) is 5.00. The number of anilines is 2. The number of amides is 1. The Morgan fingerprint density at radius 1 is 1.38 bits per heavy atom. The SMILES string of the molecule is Cc1cnc(C(=O)Nc2ccc(NCC3CCCO3)c(F)c2)cn1. The zero-order valence-electron chi connectivity index (χ0n) is 13.4. The largest absolute Gasteiger partial charge is 0.380 e. The van der Waals surface area contributed by atoms with E-state index in [1.54, 1.807) is 19.1 Å². The van der Waals surface area contributed by atoms with Gasteiger partial charge < -0.3 is 15.4 Å². The summed E-state index contributed by atoms with van der Waals surface area (Å²) in [5.41, 5.74) is 1.65. The highest BCUT2D eigenvalue weighted by atomic mass is 19.1. The van der Waals surface area contributed by atoms with Gasteiger partial charge >= 0.3 is 0 Å². The predicted octanol–water partition coefficient (Wildman–Crippen LogP) is 2.77. The molecule has 2 aromatic rings. The lowest BCUT2D eigenvalue weighted by Crippen LogP contribution is -2.19. The summed E-state index contributed by atoms with van der Waals surface area (Å²) in [5, 5.41) is 5.65. The Balaban J connectivity index is 1.61. The van der Waals surface area contributed by atoms with E-state index in [9.17, 15) is 9.18 Å². The Morgan fingerprint density at radius 3 is 2.92 bits per heavy atom. The highest BCUT2D eigenvalue weighted by Crippen LogP contribution is 2.20. The highest BCUT2D eigenvalue weighted by Gasteiger charge is 2.16. The molecule has 6 nitrogen and oxygen atoms in total. The summed E-state index contributed by atoms with van der Waals surface area (Å²) in [6.07, 6.45) is 5.05. The smallest absolute Gasteiger partial charge is 0.275 e. The predicted molar refractivity (Wildman–Crippen MR) is 88.6 cm³/mol. The van der Waals surface area contributed by atoms with Crippen LogP contribution in [0, 0.1) is 12.7 Å². The van der Waals surface area contributed by atoms with Crippen molar-refractivity contribution in [3.8, 4) is 0 Å². The second kappa shape index (κ2) is 7.35. The topological polar surface area (TPSA) is 76.1 Å². The van der Waals surface area contributed by atoms with Gasteiger partial charge in [-0.05, 0) is 38.0 Å². The van der Waals surface area contributed by atoms with E-state index in [4.69, 9.17) is 4.74 Å². The number of carbonyl (C=O) groups excluding carboxylic acids is 1. The van der Waals surface area contributed by atoms with Crippen molar-refractivity contribution in [3.05, 3.63) is 47.8 Å². The molecular formula is C17H19FN4O2. The van der Waals surface area contributed by atoms with Gasteiger partial charge in [-0.25, -0.2) is 9.37 Å². The number of hydrogen-bond donors (Lipinski definition) is 2. The molecule has 1 atom stereocenters. The second-order valence-corrected chi connectivity index (χ2v) is 5.71. The van der Waals surface area contributed by atoms with Crippen LogP contribution in [-0.4, -0.2) is 35.1 Å². The molecule has 2 heterocycles. The van der Waals surface area contributed by atoms with Crippen LogP contribution in [-0.2, 0) is 4.74 Å². The molecule has 1 fully saturated rings. The molecule has 2 N–H and O–H groups in total. The number of nitrogens with one attached hydrogen (secondary N) is 2. The molecule has 0 radical (unpaired) electrons. The van der Waals surface area contributed by atoms with Crippen molar-refractivity contribution in [1.82, 2.24) is 9.97 Å². The highest BCUT2D eigenvalue weighted by molar-refractivity contribution is 6.02. The summed E-state index contributed by atoms with van der Waals surface area (Å²) in [5.74, 6) is -0.859. The van der Waals surface area contributed by atoms with Gasteiger partial charge in [-0.3, -0.25) is 9.78 Å². The molecule has 0 aliphatic carbocycles. The van der Waals surface area contributed by atoms with E-state index < -0.39 is 11.7 Å². The van der Waals surface area contributed by atoms with E-state index in [0.717, 1.165) is 25.1 Å². The number of aryl methyl sites for hydroxylation is 1. The first-order valence-electron chi connectivity index (χ1n) is 7.87. The first kappa shape index (κ1) is 16.3. The van der Waals surface area contributed by atoms with Crippen LogP contribution in [0.4, 0.5) is 15.8 Å². The minimum Gasteiger partial charge on any atom is -0.380 e. The number of aromatic nitrogens is 2. The molecule has 1 aromatic heterocycles. The quantitative estimate of drug-likeness (QED) is 0.881. The van der Waals surface area contributed by atoms with Crippen LogP contribution in [0.5, 0.6) is 0 Å².